The number of aryl methyl sites for hydroxylation is 1. The third kappa shape index (κ3) is 6.12. The molecule has 2 aliphatic rings. The topological polar surface area (TPSA) is 102 Å². The molecule has 1 aromatic rings. The van der Waals surface area contributed by atoms with Gasteiger partial charge in [0.15, 0.2) is 0 Å². The molecule has 0 aromatic heterocycles. The number of hydrogen-bond donors (Lipinski definition) is 3. The van der Waals surface area contributed by atoms with Gasteiger partial charge in [0.2, 0.25) is 0 Å². The number of benzene rings is 1. The van der Waals surface area contributed by atoms with Crippen molar-refractivity contribution >= 4 is 7.82 Å². The fourth-order valence-electron chi connectivity index (χ4n) is 4.52. The first-order chi connectivity index (χ1) is 13.3. The standard InChI is InChI=1S/C21H34NO5P/c1-2-3-4-11-26-20-8-7-16-12-17(5-6-18(16)13-20)19-9-10-21(22,14-19)15-27-28(23,24)25/h5-6,12,19-20H,2-4,7-11,13-15,22H2,1H3,(H2,23,24,25). The van der Waals surface area contributed by atoms with Crippen LogP contribution in [-0.2, 0) is 26.7 Å². The first-order valence-corrected chi connectivity index (χ1v) is 12.0. The van der Waals surface area contributed by atoms with E-state index in [0.29, 0.717) is 24.9 Å². The van der Waals surface area contributed by atoms with Gasteiger partial charge in [-0.25, -0.2) is 4.57 Å². The summed E-state index contributed by atoms with van der Waals surface area (Å²) >= 11 is 0. The molecule has 3 atom stereocenters. The molecule has 3 unspecified atom stereocenters. The van der Waals surface area contributed by atoms with Crippen LogP contribution in [0.25, 0.3) is 0 Å². The van der Waals surface area contributed by atoms with Crippen LogP contribution < -0.4 is 5.73 Å². The molecule has 2 aliphatic carbocycles. The Kier molecular flexibility index (Phi) is 7.35. The van der Waals surface area contributed by atoms with Crippen molar-refractivity contribution in [3.05, 3.63) is 34.9 Å². The van der Waals surface area contributed by atoms with Crippen LogP contribution in [0.5, 0.6) is 0 Å². The van der Waals surface area contributed by atoms with E-state index in [-0.39, 0.29) is 6.61 Å². The molecule has 7 heteroatoms. The number of unbranched alkanes of at least 4 members (excludes halogenated alkanes) is 2. The highest BCUT2D eigenvalue weighted by atomic mass is 31.2. The minimum atomic E-state index is -4.48. The molecule has 0 aliphatic heterocycles. The smallest absolute Gasteiger partial charge is 0.378 e. The van der Waals surface area contributed by atoms with Crippen molar-refractivity contribution < 1.29 is 23.6 Å². The van der Waals surface area contributed by atoms with E-state index in [0.717, 1.165) is 38.7 Å². The molecule has 6 nitrogen and oxygen atoms in total. The summed E-state index contributed by atoms with van der Waals surface area (Å²) in [4.78, 5) is 17.9. The number of fused-ring (bicyclic) bond motifs is 1. The number of ether oxygens (including phenoxy) is 1. The van der Waals surface area contributed by atoms with Crippen molar-refractivity contribution in [2.24, 2.45) is 5.73 Å². The molecule has 0 saturated heterocycles. The summed E-state index contributed by atoms with van der Waals surface area (Å²) in [7, 11) is -4.48. The quantitative estimate of drug-likeness (QED) is 0.422. The van der Waals surface area contributed by atoms with Gasteiger partial charge in [-0.15, -0.1) is 0 Å². The third-order valence-corrected chi connectivity index (χ3v) is 6.62. The predicted molar refractivity (Wildman–Crippen MR) is 109 cm³/mol. The Morgan fingerprint density at radius 1 is 1.25 bits per heavy atom. The van der Waals surface area contributed by atoms with Crippen LogP contribution in [0, 0.1) is 0 Å². The zero-order valence-electron chi connectivity index (χ0n) is 16.8. The van der Waals surface area contributed by atoms with Crippen molar-refractivity contribution in [3.63, 3.8) is 0 Å². The van der Waals surface area contributed by atoms with Gasteiger partial charge in [0.1, 0.15) is 0 Å². The molecule has 1 aromatic carbocycles. The number of rotatable bonds is 9. The SMILES string of the molecule is CCCCCOC1CCc2cc(C3CCC(N)(COP(=O)(O)O)C3)ccc2C1. The molecule has 28 heavy (non-hydrogen) atoms. The average Bonchev–Trinajstić information content (AvgIpc) is 3.05. The summed E-state index contributed by atoms with van der Waals surface area (Å²) in [6, 6.07) is 6.73. The van der Waals surface area contributed by atoms with Gasteiger partial charge in [0.05, 0.1) is 12.7 Å². The van der Waals surface area contributed by atoms with E-state index >= 15 is 0 Å². The Labute approximate surface area is 168 Å². The molecule has 0 heterocycles. The number of phosphoric ester groups is 1. The molecule has 1 saturated carbocycles. The van der Waals surface area contributed by atoms with Crippen LogP contribution in [-0.4, -0.2) is 34.6 Å². The van der Waals surface area contributed by atoms with Crippen molar-refractivity contribution in [2.75, 3.05) is 13.2 Å². The van der Waals surface area contributed by atoms with Gasteiger partial charge >= 0.3 is 7.82 Å². The molecule has 158 valence electrons. The summed E-state index contributed by atoms with van der Waals surface area (Å²) in [5, 5.41) is 0. The van der Waals surface area contributed by atoms with E-state index in [9.17, 15) is 4.57 Å². The highest BCUT2D eigenvalue weighted by Gasteiger charge is 2.38. The fraction of sp³-hybridized carbons (Fsp3) is 0.714. The van der Waals surface area contributed by atoms with Crippen molar-refractivity contribution in [1.82, 2.24) is 0 Å². The molecule has 0 amide bonds. The number of hydrogen-bond acceptors (Lipinski definition) is 4. The maximum atomic E-state index is 11.0. The van der Waals surface area contributed by atoms with E-state index < -0.39 is 13.4 Å². The Balaban J connectivity index is 1.56. The zero-order chi connectivity index (χ0) is 20.2. The first-order valence-electron chi connectivity index (χ1n) is 10.5. The van der Waals surface area contributed by atoms with Gasteiger partial charge in [-0.1, -0.05) is 38.0 Å². The molecule has 0 spiro atoms. The summed E-state index contributed by atoms with van der Waals surface area (Å²) < 4.78 is 21.7. The van der Waals surface area contributed by atoms with Crippen LogP contribution >= 0.6 is 7.82 Å². The zero-order valence-corrected chi connectivity index (χ0v) is 17.7. The minimum absolute atomic E-state index is 0.101. The first kappa shape index (κ1) is 21.9. The predicted octanol–water partition coefficient (Wildman–Crippen LogP) is 3.83. The van der Waals surface area contributed by atoms with E-state index in [1.165, 1.54) is 29.5 Å². The van der Waals surface area contributed by atoms with Gasteiger partial charge in [-0.3, -0.25) is 4.52 Å². The lowest BCUT2D eigenvalue weighted by atomic mass is 9.85. The van der Waals surface area contributed by atoms with Crippen LogP contribution in [0.4, 0.5) is 0 Å². The normalized spacial score (nSPS) is 27.7. The maximum Gasteiger partial charge on any atom is 0.469 e. The van der Waals surface area contributed by atoms with Crippen molar-refractivity contribution in [3.8, 4) is 0 Å². The Morgan fingerprint density at radius 2 is 2.07 bits per heavy atom. The van der Waals surface area contributed by atoms with Crippen LogP contribution in [0.2, 0.25) is 0 Å². The summed E-state index contributed by atoms with van der Waals surface area (Å²) in [6.07, 6.45) is 9.36. The van der Waals surface area contributed by atoms with Crippen LogP contribution in [0.15, 0.2) is 18.2 Å². The summed E-state index contributed by atoms with van der Waals surface area (Å²) in [6.45, 7) is 2.97. The van der Waals surface area contributed by atoms with Crippen LogP contribution in [0.3, 0.4) is 0 Å². The summed E-state index contributed by atoms with van der Waals surface area (Å²) in [5.74, 6) is 0.318. The van der Waals surface area contributed by atoms with Gasteiger partial charge in [0.25, 0.3) is 0 Å². The van der Waals surface area contributed by atoms with Gasteiger partial charge < -0.3 is 20.3 Å². The van der Waals surface area contributed by atoms with E-state index in [1.807, 2.05) is 0 Å². The number of phosphoric acid groups is 1. The van der Waals surface area contributed by atoms with Gasteiger partial charge in [-0.05, 0) is 67.6 Å². The Bertz CT molecular complexity index is 706. The van der Waals surface area contributed by atoms with E-state index in [1.54, 1.807) is 0 Å². The lowest BCUT2D eigenvalue weighted by molar-refractivity contribution is 0.0419. The van der Waals surface area contributed by atoms with E-state index in [4.69, 9.17) is 20.3 Å². The number of nitrogens with two attached hydrogens (primary N) is 1. The summed E-state index contributed by atoms with van der Waals surface area (Å²) in [5.41, 5.74) is 9.74. The second-order valence-electron chi connectivity index (χ2n) is 8.54. The third-order valence-electron chi connectivity index (χ3n) is 6.15. The highest BCUT2D eigenvalue weighted by molar-refractivity contribution is 7.46. The van der Waals surface area contributed by atoms with Gasteiger partial charge in [-0.2, -0.15) is 0 Å². The second-order valence-corrected chi connectivity index (χ2v) is 9.78. The second kappa shape index (κ2) is 9.38. The average molecular weight is 411 g/mol. The molecule has 0 bridgehead atoms. The highest BCUT2D eigenvalue weighted by Crippen LogP contribution is 2.44. The molecular weight excluding hydrogens is 377 g/mol. The van der Waals surface area contributed by atoms with Crippen molar-refractivity contribution in [1.29, 1.82) is 0 Å². The molecule has 4 N–H and O–H groups in total. The molecule has 0 radical (unpaired) electrons. The fourth-order valence-corrected chi connectivity index (χ4v) is 4.95. The van der Waals surface area contributed by atoms with Crippen molar-refractivity contribution in [2.45, 2.75) is 82.3 Å². The minimum Gasteiger partial charge on any atom is -0.378 e. The van der Waals surface area contributed by atoms with Crippen LogP contribution in [0.1, 0.15) is 74.5 Å². The van der Waals surface area contributed by atoms with Gasteiger partial charge in [0, 0.05) is 12.1 Å². The maximum absolute atomic E-state index is 11.0. The lowest BCUT2D eigenvalue weighted by Gasteiger charge is -2.27. The monoisotopic (exact) mass is 411 g/mol. The lowest BCUT2D eigenvalue weighted by Crippen LogP contribution is -2.41. The molecule has 1 fully saturated rings. The molecule has 3 rings (SSSR count). The Morgan fingerprint density at radius 3 is 2.82 bits per heavy atom. The van der Waals surface area contributed by atoms with E-state index in [2.05, 4.69) is 29.6 Å². The Hall–Kier alpha value is -0.750. The molecular formula is C21H34NO5P. The largest absolute Gasteiger partial charge is 0.469 e.